The number of hydrogen-bond acceptors (Lipinski definition) is 8. The van der Waals surface area contributed by atoms with E-state index in [0.29, 0.717) is 67.5 Å². The van der Waals surface area contributed by atoms with Crippen LogP contribution in [0, 0.1) is 70.2 Å². The van der Waals surface area contributed by atoms with Crippen LogP contribution in [0.3, 0.4) is 0 Å². The summed E-state index contributed by atoms with van der Waals surface area (Å²) in [7, 11) is 0. The zero-order chi connectivity index (χ0) is 83.0. The lowest BCUT2D eigenvalue weighted by molar-refractivity contribution is -0.276. The third-order valence-electron chi connectivity index (χ3n) is 23.1. The maximum Gasteiger partial charge on any atom is 0.573 e. The minimum Gasteiger partial charge on any atom is -0.450 e. The van der Waals surface area contributed by atoms with Crippen molar-refractivity contribution in [3.8, 4) is 23.0 Å². The summed E-state index contributed by atoms with van der Waals surface area (Å²) in [6.07, 6.45) is 5.25. The van der Waals surface area contributed by atoms with Crippen LogP contribution in [0.15, 0.2) is 121 Å². The Labute approximate surface area is 681 Å². The van der Waals surface area contributed by atoms with Gasteiger partial charge in [0, 0.05) is 48.7 Å². The fourth-order valence-corrected chi connectivity index (χ4v) is 17.6. The Bertz CT molecular complexity index is 5140. The average Bonchev–Trinajstić information content (AvgIpc) is 1.62. The van der Waals surface area contributed by atoms with Gasteiger partial charge in [-0.2, -0.15) is 17.6 Å². The third kappa shape index (κ3) is 20.6. The predicted octanol–water partition coefficient (Wildman–Crippen LogP) is 33.8. The molecule has 3 saturated carbocycles. The second-order valence-electron chi connectivity index (χ2n) is 30.6. The first-order valence-corrected chi connectivity index (χ1v) is 39.2. The van der Waals surface area contributed by atoms with Crippen LogP contribution in [0.25, 0.3) is 93.3 Å². The lowest BCUT2D eigenvalue weighted by Gasteiger charge is -2.28. The first-order valence-electron chi connectivity index (χ1n) is 39.2. The van der Waals surface area contributed by atoms with Crippen LogP contribution in [-0.4, -0.2) is 25.4 Å². The molecule has 8 nitrogen and oxygen atoms in total. The van der Waals surface area contributed by atoms with Gasteiger partial charge >= 0.3 is 25.4 Å². The van der Waals surface area contributed by atoms with Gasteiger partial charge in [-0.15, -0.1) is 52.7 Å². The lowest BCUT2D eigenvalue weighted by atomic mass is 9.77. The molecule has 4 aromatic heterocycles. The van der Waals surface area contributed by atoms with Crippen molar-refractivity contribution >= 4 is 93.3 Å². The van der Waals surface area contributed by atoms with Crippen LogP contribution in [0.5, 0.6) is 23.0 Å². The molecule has 8 aromatic carbocycles. The molecule has 0 saturated heterocycles. The van der Waals surface area contributed by atoms with Gasteiger partial charge in [0.05, 0.1) is 0 Å². The van der Waals surface area contributed by atoms with Crippen molar-refractivity contribution in [3.63, 3.8) is 0 Å². The van der Waals surface area contributed by atoms with E-state index in [2.05, 4.69) is 46.6 Å². The van der Waals surface area contributed by atoms with Crippen molar-refractivity contribution in [1.29, 1.82) is 0 Å². The molecule has 1 atom stereocenters. The number of allylic oxidation sites excluding steroid dienone is 2. The Morgan fingerprint density at radius 3 is 0.733 bits per heavy atom. The van der Waals surface area contributed by atoms with Gasteiger partial charge in [0.1, 0.15) is 0 Å². The van der Waals surface area contributed by atoms with Gasteiger partial charge in [-0.1, -0.05) is 139 Å². The Balaban J connectivity index is 0.000000180. The Morgan fingerprint density at radius 2 is 0.500 bits per heavy atom. The standard InChI is InChI=1S/3C22H21F5O2.C22H19F5O2.4CH4/c4*1-2-3-12-4-6-13(7-5-12)14-8-9-15-16-10-11-17(29-22(25,26)27)19(24)21(16)28-20(15)18(14)23;;;;/h3*8-13H,2-7H2,1H3;6,8-12H,2-5,7H2,1H3;4*1H4. The van der Waals surface area contributed by atoms with E-state index in [1.165, 1.54) is 43.5 Å². The monoisotopic (exact) mass is 1710 g/mol. The molecular weight excluding hydrogens is 1610 g/mol. The molecule has 0 N–H and O–H groups in total. The summed E-state index contributed by atoms with van der Waals surface area (Å²) in [5, 5.41) is 2.13. The topological polar surface area (TPSA) is 89.5 Å². The molecule has 1 unspecified atom stereocenters. The molecule has 0 bridgehead atoms. The molecule has 4 aliphatic carbocycles. The van der Waals surface area contributed by atoms with Gasteiger partial charge in [-0.25, -0.2) is 17.6 Å². The minimum atomic E-state index is -5.04. The van der Waals surface area contributed by atoms with E-state index in [4.69, 9.17) is 17.7 Å². The SMILES string of the molecule is C.C.C.C.CCCC1CC=C(c2ccc3c(oc4c(F)c(OC(F)(F)F)ccc43)c2F)CC1.CCCC1CCC(c2ccc3c(oc4c(F)c(OC(F)(F)F)ccc43)c2F)CC1.CCCC1CCC(c2ccc3c(oc4c(F)c(OC(F)(F)F)ccc43)c2F)CC1.CCCC1CCC(c2ccc3c(oc4c(F)c(OC(F)(F)F)ccc43)c2F)CC1. The Kier molecular flexibility index (Phi) is 30.4. The van der Waals surface area contributed by atoms with Crippen LogP contribution in [0.2, 0.25) is 0 Å². The normalized spacial score (nSPS) is 19.1. The smallest absolute Gasteiger partial charge is 0.450 e. The third-order valence-corrected chi connectivity index (χ3v) is 23.1. The van der Waals surface area contributed by atoms with Gasteiger partial charge in [0.2, 0.25) is 23.3 Å². The average molecular weight is 1710 g/mol. The van der Waals surface area contributed by atoms with E-state index in [0.717, 1.165) is 158 Å². The second kappa shape index (κ2) is 38.7. The molecule has 16 rings (SSSR count). The van der Waals surface area contributed by atoms with E-state index in [-0.39, 0.29) is 91.3 Å². The van der Waals surface area contributed by atoms with Crippen LogP contribution < -0.4 is 18.9 Å². The van der Waals surface area contributed by atoms with Crippen LogP contribution in [0.4, 0.5) is 87.8 Å². The summed E-state index contributed by atoms with van der Waals surface area (Å²) >= 11 is 0. The largest absolute Gasteiger partial charge is 0.573 e. The van der Waals surface area contributed by atoms with Crippen LogP contribution in [-0.2, 0) is 0 Å². The number of alkyl halides is 12. The van der Waals surface area contributed by atoms with Crippen molar-refractivity contribution in [1.82, 2.24) is 0 Å². The minimum absolute atomic E-state index is 0. The molecule has 3 fully saturated rings. The van der Waals surface area contributed by atoms with Crippen molar-refractivity contribution in [3.05, 3.63) is 172 Å². The number of rotatable bonds is 16. The molecule has 28 heteroatoms. The van der Waals surface area contributed by atoms with Gasteiger partial charge in [0.15, 0.2) is 90.9 Å². The summed E-state index contributed by atoms with van der Waals surface area (Å²) in [5.41, 5.74) is 0.506. The van der Waals surface area contributed by atoms with Crippen molar-refractivity contribution < 1.29 is 124 Å². The highest BCUT2D eigenvalue weighted by Gasteiger charge is 2.39. The molecule has 0 radical (unpaired) electrons. The summed E-state index contributed by atoms with van der Waals surface area (Å²) in [4.78, 5) is 0. The summed E-state index contributed by atoms with van der Waals surface area (Å²) in [5.74, 6) is -8.69. The number of hydrogen-bond donors (Lipinski definition) is 0. The summed E-state index contributed by atoms with van der Waals surface area (Å²) < 4.78 is 304. The number of ether oxygens (including phenoxy) is 4. The molecular formula is C92H98F20O8. The highest BCUT2D eigenvalue weighted by Crippen LogP contribution is 2.49. The molecule has 120 heavy (non-hydrogen) atoms. The maximum absolute atomic E-state index is 15.2. The fourth-order valence-electron chi connectivity index (χ4n) is 17.6. The highest BCUT2D eigenvalue weighted by atomic mass is 19.4. The molecule has 0 aliphatic heterocycles. The van der Waals surface area contributed by atoms with Gasteiger partial charge in [-0.05, 0) is 233 Å². The second-order valence-corrected chi connectivity index (χ2v) is 30.6. The molecule has 4 heterocycles. The predicted molar refractivity (Wildman–Crippen MR) is 427 cm³/mol. The van der Waals surface area contributed by atoms with E-state index in [9.17, 15) is 70.2 Å². The van der Waals surface area contributed by atoms with Gasteiger partial charge in [-0.3, -0.25) is 0 Å². The first-order chi connectivity index (χ1) is 55.1. The van der Waals surface area contributed by atoms with E-state index in [1.807, 2.05) is 6.08 Å². The lowest BCUT2D eigenvalue weighted by Crippen LogP contribution is -2.17. The number of benzene rings is 8. The molecule has 0 amide bonds. The van der Waals surface area contributed by atoms with E-state index < -0.39 is 117 Å². The molecule has 4 aliphatic rings. The zero-order valence-electron chi connectivity index (χ0n) is 63.4. The quantitative estimate of drug-likeness (QED) is 0.0884. The van der Waals surface area contributed by atoms with Crippen molar-refractivity contribution in [2.45, 2.75) is 248 Å². The van der Waals surface area contributed by atoms with Gasteiger partial charge < -0.3 is 36.6 Å². The number of fused-ring (bicyclic) bond motifs is 12. The highest BCUT2D eigenvalue weighted by molar-refractivity contribution is 6.09. The van der Waals surface area contributed by atoms with Crippen molar-refractivity contribution in [2.75, 3.05) is 0 Å². The van der Waals surface area contributed by atoms with Crippen LogP contribution >= 0.6 is 0 Å². The molecule has 12 aromatic rings. The summed E-state index contributed by atoms with van der Waals surface area (Å²) in [6, 6.07) is 21.7. The van der Waals surface area contributed by atoms with Gasteiger partial charge in [0.25, 0.3) is 0 Å². The fraction of sp³-hybridized carbons (Fsp3) is 0.457. The Hall–Kier alpha value is -9.50. The van der Waals surface area contributed by atoms with Crippen LogP contribution in [0.1, 0.15) is 245 Å². The summed E-state index contributed by atoms with van der Waals surface area (Å²) in [6.45, 7) is 8.61. The number of furan rings is 4. The first kappa shape index (κ1) is 94.4. The molecule has 0 spiro atoms. The molecule has 654 valence electrons. The Morgan fingerprint density at radius 1 is 0.275 bits per heavy atom. The zero-order valence-corrected chi connectivity index (χ0v) is 63.4. The number of halogens is 20. The maximum atomic E-state index is 15.2. The van der Waals surface area contributed by atoms with E-state index >= 15 is 17.6 Å². The van der Waals surface area contributed by atoms with E-state index in [1.54, 1.807) is 48.5 Å². The van der Waals surface area contributed by atoms with Crippen molar-refractivity contribution in [2.24, 2.45) is 23.7 Å².